The van der Waals surface area contributed by atoms with Gasteiger partial charge in [0.1, 0.15) is 11.5 Å². The van der Waals surface area contributed by atoms with Gasteiger partial charge < -0.3 is 24.3 Å². The molecule has 27 heavy (non-hydrogen) atoms. The standard InChI is InChI=1S/C20H26ClN3O2S/c1-25-19-8-7-16(21)14-18(19)22-20(27)24(15-17-6-4-13-26-17)12-5-11-23-9-2-3-10-23/h4,6-8,13-14H,2-3,5,9-12,15H2,1H3,(H,22,27). The van der Waals surface area contributed by atoms with E-state index in [2.05, 4.69) is 15.1 Å². The van der Waals surface area contributed by atoms with Gasteiger partial charge >= 0.3 is 0 Å². The van der Waals surface area contributed by atoms with E-state index in [0.717, 1.165) is 31.0 Å². The topological polar surface area (TPSA) is 40.9 Å². The van der Waals surface area contributed by atoms with E-state index in [1.54, 1.807) is 19.4 Å². The molecule has 0 spiro atoms. The highest BCUT2D eigenvalue weighted by molar-refractivity contribution is 7.80. The summed E-state index contributed by atoms with van der Waals surface area (Å²) in [6.07, 6.45) is 5.36. The summed E-state index contributed by atoms with van der Waals surface area (Å²) in [5.41, 5.74) is 0.763. The fourth-order valence-corrected chi connectivity index (χ4v) is 3.74. The van der Waals surface area contributed by atoms with Gasteiger partial charge in [-0.1, -0.05) is 11.6 Å². The van der Waals surface area contributed by atoms with Crippen molar-refractivity contribution >= 4 is 34.6 Å². The molecular formula is C20H26ClN3O2S. The molecule has 0 atom stereocenters. The van der Waals surface area contributed by atoms with Crippen LogP contribution in [0, 0.1) is 0 Å². The molecule has 1 aromatic heterocycles. The van der Waals surface area contributed by atoms with Crippen molar-refractivity contribution in [2.45, 2.75) is 25.8 Å². The summed E-state index contributed by atoms with van der Waals surface area (Å²) in [5.74, 6) is 1.59. The minimum atomic E-state index is 0.627. The molecule has 7 heteroatoms. The number of anilines is 1. The highest BCUT2D eigenvalue weighted by Crippen LogP contribution is 2.28. The predicted molar refractivity (Wildman–Crippen MR) is 114 cm³/mol. The maximum Gasteiger partial charge on any atom is 0.173 e. The highest BCUT2D eigenvalue weighted by atomic mass is 35.5. The third-order valence-corrected chi connectivity index (χ3v) is 5.31. The molecule has 5 nitrogen and oxygen atoms in total. The van der Waals surface area contributed by atoms with E-state index in [-0.39, 0.29) is 0 Å². The van der Waals surface area contributed by atoms with E-state index < -0.39 is 0 Å². The van der Waals surface area contributed by atoms with Crippen molar-refractivity contribution in [3.05, 3.63) is 47.4 Å². The lowest BCUT2D eigenvalue weighted by Gasteiger charge is -2.26. The number of ether oxygens (including phenoxy) is 1. The second-order valence-electron chi connectivity index (χ2n) is 6.68. The third kappa shape index (κ3) is 5.86. The van der Waals surface area contributed by atoms with Crippen LogP contribution in [0.15, 0.2) is 41.0 Å². The first-order chi connectivity index (χ1) is 13.2. The molecule has 1 aliphatic rings. The van der Waals surface area contributed by atoms with Gasteiger partial charge in [-0.15, -0.1) is 0 Å². The van der Waals surface area contributed by atoms with Crippen LogP contribution < -0.4 is 10.1 Å². The fourth-order valence-electron chi connectivity index (χ4n) is 3.31. The Hall–Kier alpha value is -1.76. The number of benzene rings is 1. The van der Waals surface area contributed by atoms with Crippen molar-refractivity contribution in [3.63, 3.8) is 0 Å². The van der Waals surface area contributed by atoms with Crippen molar-refractivity contribution in [1.29, 1.82) is 0 Å². The Labute approximate surface area is 171 Å². The maximum atomic E-state index is 6.14. The number of likely N-dealkylation sites (tertiary alicyclic amines) is 1. The van der Waals surface area contributed by atoms with Gasteiger partial charge in [-0.05, 0) is 81.4 Å². The summed E-state index contributed by atoms with van der Waals surface area (Å²) in [7, 11) is 1.63. The zero-order chi connectivity index (χ0) is 19.1. The first-order valence-electron chi connectivity index (χ1n) is 9.30. The normalized spacial score (nSPS) is 14.3. The Kier molecular flexibility index (Phi) is 7.38. The second-order valence-corrected chi connectivity index (χ2v) is 7.50. The molecule has 0 saturated carbocycles. The van der Waals surface area contributed by atoms with Crippen LogP contribution in [0.1, 0.15) is 25.0 Å². The van der Waals surface area contributed by atoms with E-state index >= 15 is 0 Å². The summed E-state index contributed by atoms with van der Waals surface area (Å²) < 4.78 is 10.9. The van der Waals surface area contributed by atoms with Crippen molar-refractivity contribution in [1.82, 2.24) is 9.80 Å². The number of nitrogens with one attached hydrogen (secondary N) is 1. The predicted octanol–water partition coefficient (Wildman–Crippen LogP) is 4.63. The molecule has 2 aromatic rings. The van der Waals surface area contributed by atoms with Crippen molar-refractivity contribution in [2.24, 2.45) is 0 Å². The molecule has 2 heterocycles. The van der Waals surface area contributed by atoms with Crippen molar-refractivity contribution in [3.8, 4) is 5.75 Å². The largest absolute Gasteiger partial charge is 0.495 e. The number of rotatable bonds is 8. The number of hydrogen-bond donors (Lipinski definition) is 1. The molecule has 0 bridgehead atoms. The highest BCUT2D eigenvalue weighted by Gasteiger charge is 2.16. The number of methoxy groups -OCH3 is 1. The lowest BCUT2D eigenvalue weighted by atomic mass is 10.3. The molecule has 1 aliphatic heterocycles. The van der Waals surface area contributed by atoms with Gasteiger partial charge in [0.2, 0.25) is 0 Å². The fraction of sp³-hybridized carbons (Fsp3) is 0.450. The maximum absolute atomic E-state index is 6.14. The van der Waals surface area contributed by atoms with Crippen molar-refractivity contribution < 1.29 is 9.15 Å². The minimum Gasteiger partial charge on any atom is -0.495 e. The average molecular weight is 408 g/mol. The smallest absolute Gasteiger partial charge is 0.173 e. The number of halogens is 1. The van der Waals surface area contributed by atoms with E-state index in [1.165, 1.54) is 25.9 Å². The van der Waals surface area contributed by atoms with Gasteiger partial charge in [-0.25, -0.2) is 0 Å². The van der Waals surface area contributed by atoms with E-state index in [0.29, 0.717) is 22.4 Å². The molecule has 146 valence electrons. The molecular weight excluding hydrogens is 382 g/mol. The molecule has 1 aromatic carbocycles. The summed E-state index contributed by atoms with van der Waals surface area (Å²) >= 11 is 11.8. The van der Waals surface area contributed by atoms with Crippen LogP contribution in [-0.4, -0.2) is 48.2 Å². The summed E-state index contributed by atoms with van der Waals surface area (Å²) in [6, 6.07) is 9.31. The molecule has 0 unspecified atom stereocenters. The second kappa shape index (κ2) is 9.97. The number of hydrogen-bond acceptors (Lipinski definition) is 4. The molecule has 1 fully saturated rings. The molecule has 0 amide bonds. The van der Waals surface area contributed by atoms with E-state index in [4.69, 9.17) is 33.0 Å². The molecule has 0 aliphatic carbocycles. The average Bonchev–Trinajstić information content (AvgIpc) is 3.35. The Morgan fingerprint density at radius 3 is 2.85 bits per heavy atom. The lowest BCUT2D eigenvalue weighted by molar-refractivity contribution is 0.298. The summed E-state index contributed by atoms with van der Waals surface area (Å²) in [5, 5.41) is 4.55. The summed E-state index contributed by atoms with van der Waals surface area (Å²) in [6.45, 7) is 4.99. The van der Waals surface area contributed by atoms with Crippen LogP contribution in [0.4, 0.5) is 5.69 Å². The Morgan fingerprint density at radius 1 is 1.33 bits per heavy atom. The van der Waals surface area contributed by atoms with Gasteiger partial charge in [0.25, 0.3) is 0 Å². The van der Waals surface area contributed by atoms with Gasteiger partial charge in [0.15, 0.2) is 5.11 Å². The first-order valence-corrected chi connectivity index (χ1v) is 10.1. The molecule has 0 radical (unpaired) electrons. The van der Waals surface area contributed by atoms with Crippen LogP contribution in [0.5, 0.6) is 5.75 Å². The molecule has 1 saturated heterocycles. The van der Waals surface area contributed by atoms with Gasteiger partial charge in [-0.3, -0.25) is 0 Å². The van der Waals surface area contributed by atoms with Gasteiger partial charge in [0.05, 0.1) is 25.6 Å². The lowest BCUT2D eigenvalue weighted by Crippen LogP contribution is -2.36. The van der Waals surface area contributed by atoms with Crippen LogP contribution in [0.2, 0.25) is 5.02 Å². The first kappa shape index (κ1) is 20.0. The number of thiocarbonyl (C=S) groups is 1. The quantitative estimate of drug-likeness (QED) is 0.643. The zero-order valence-corrected chi connectivity index (χ0v) is 17.2. The number of nitrogens with zero attached hydrogens (tertiary/aromatic N) is 2. The van der Waals surface area contributed by atoms with Crippen molar-refractivity contribution in [2.75, 3.05) is 38.6 Å². The minimum absolute atomic E-state index is 0.627. The van der Waals surface area contributed by atoms with Crippen LogP contribution >= 0.6 is 23.8 Å². The van der Waals surface area contributed by atoms with E-state index in [9.17, 15) is 0 Å². The summed E-state index contributed by atoms with van der Waals surface area (Å²) in [4.78, 5) is 4.64. The van der Waals surface area contributed by atoms with Gasteiger partial charge in [0, 0.05) is 11.6 Å². The molecule has 1 N–H and O–H groups in total. The zero-order valence-electron chi connectivity index (χ0n) is 15.6. The Morgan fingerprint density at radius 2 is 2.15 bits per heavy atom. The van der Waals surface area contributed by atoms with Gasteiger partial charge in [-0.2, -0.15) is 0 Å². The van der Waals surface area contributed by atoms with Crippen LogP contribution in [-0.2, 0) is 6.54 Å². The Bertz CT molecular complexity index is 733. The monoisotopic (exact) mass is 407 g/mol. The SMILES string of the molecule is COc1ccc(Cl)cc1NC(=S)N(CCCN1CCCC1)Cc1ccco1. The third-order valence-electron chi connectivity index (χ3n) is 4.72. The van der Waals surface area contributed by atoms with Crippen LogP contribution in [0.25, 0.3) is 0 Å². The Balaban J connectivity index is 1.64. The van der Waals surface area contributed by atoms with E-state index in [1.807, 2.05) is 24.3 Å². The molecule has 3 rings (SSSR count). The number of furan rings is 1. The van der Waals surface area contributed by atoms with Crippen LogP contribution in [0.3, 0.4) is 0 Å².